The monoisotopic (exact) mass is 323 g/mol. The lowest BCUT2D eigenvalue weighted by atomic mass is 9.78. The summed E-state index contributed by atoms with van der Waals surface area (Å²) in [7, 11) is -3.94. The molecule has 19 heavy (non-hydrogen) atoms. The van der Waals surface area contributed by atoms with Crippen molar-refractivity contribution in [1.29, 1.82) is 0 Å². The summed E-state index contributed by atoms with van der Waals surface area (Å²) in [6, 6.07) is 3.83. The molecule has 1 saturated carbocycles. The molecule has 1 aliphatic carbocycles. The summed E-state index contributed by atoms with van der Waals surface area (Å²) in [6.07, 6.45) is 1.24. The average Bonchev–Trinajstić information content (AvgIpc) is 2.26. The number of sulfonamides is 1. The van der Waals surface area contributed by atoms with E-state index in [2.05, 4.69) is 4.72 Å². The summed E-state index contributed by atoms with van der Waals surface area (Å²) in [6.45, 7) is 0. The molecule has 0 radical (unpaired) electrons. The normalized spacial score (nSPS) is 17.8. The van der Waals surface area contributed by atoms with Crippen molar-refractivity contribution < 1.29 is 18.3 Å². The molecule has 0 amide bonds. The fraction of sp³-hybridized carbons (Fsp3) is 0.364. The van der Waals surface area contributed by atoms with Crippen molar-refractivity contribution >= 4 is 39.2 Å². The minimum absolute atomic E-state index is 0.0996. The van der Waals surface area contributed by atoms with Crippen molar-refractivity contribution in [2.24, 2.45) is 0 Å². The van der Waals surface area contributed by atoms with Gasteiger partial charge >= 0.3 is 5.97 Å². The van der Waals surface area contributed by atoms with Crippen LogP contribution < -0.4 is 4.72 Å². The zero-order valence-corrected chi connectivity index (χ0v) is 12.0. The fourth-order valence-corrected chi connectivity index (χ4v) is 3.66. The average molecular weight is 324 g/mol. The van der Waals surface area contributed by atoms with Gasteiger partial charge in [0, 0.05) is 0 Å². The predicted octanol–water partition coefficient (Wildman–Crippen LogP) is 2.28. The molecular formula is C11H11Cl2NO4S. The molecule has 1 aromatic carbocycles. The van der Waals surface area contributed by atoms with Crippen LogP contribution in [0.15, 0.2) is 23.1 Å². The summed E-state index contributed by atoms with van der Waals surface area (Å²) in [5.74, 6) is -1.16. The molecule has 0 aromatic heterocycles. The molecule has 5 nitrogen and oxygen atoms in total. The third kappa shape index (κ3) is 2.72. The number of halogens is 2. The third-order valence-corrected chi connectivity index (χ3v) is 5.42. The lowest BCUT2D eigenvalue weighted by Crippen LogP contribution is -2.58. The largest absolute Gasteiger partial charge is 0.480 e. The van der Waals surface area contributed by atoms with E-state index in [0.717, 1.165) is 0 Å². The second-order valence-corrected chi connectivity index (χ2v) is 6.92. The summed E-state index contributed by atoms with van der Waals surface area (Å²) < 4.78 is 26.5. The molecule has 0 spiro atoms. The van der Waals surface area contributed by atoms with E-state index < -0.39 is 21.5 Å². The van der Waals surface area contributed by atoms with Crippen LogP contribution in [0.3, 0.4) is 0 Å². The number of benzene rings is 1. The summed E-state index contributed by atoms with van der Waals surface area (Å²) in [5.41, 5.74) is -1.40. The van der Waals surface area contributed by atoms with E-state index in [1.807, 2.05) is 0 Å². The maximum absolute atomic E-state index is 12.1. The Hall–Kier alpha value is -0.820. The number of carboxylic acids is 1. The molecule has 8 heteroatoms. The summed E-state index contributed by atoms with van der Waals surface area (Å²) in [4.78, 5) is 11.1. The highest BCUT2D eigenvalue weighted by atomic mass is 35.5. The molecule has 1 fully saturated rings. The molecule has 0 unspecified atom stereocenters. The van der Waals surface area contributed by atoms with Crippen LogP contribution in [0, 0.1) is 0 Å². The molecule has 2 rings (SSSR count). The minimum Gasteiger partial charge on any atom is -0.480 e. The van der Waals surface area contributed by atoms with E-state index in [1.54, 1.807) is 0 Å². The number of nitrogens with one attached hydrogen (secondary N) is 1. The van der Waals surface area contributed by atoms with Gasteiger partial charge in [0.25, 0.3) is 0 Å². The van der Waals surface area contributed by atoms with Crippen molar-refractivity contribution in [2.75, 3.05) is 0 Å². The van der Waals surface area contributed by atoms with E-state index in [-0.39, 0.29) is 27.8 Å². The first-order valence-corrected chi connectivity index (χ1v) is 7.73. The molecule has 0 bridgehead atoms. The Kier molecular flexibility index (Phi) is 3.79. The molecule has 0 aliphatic heterocycles. The summed E-state index contributed by atoms with van der Waals surface area (Å²) >= 11 is 11.5. The SMILES string of the molecule is O=C(O)C1(NS(=O)(=O)c2ccc(Cl)c(Cl)c2)CCC1. The number of rotatable bonds is 4. The first-order chi connectivity index (χ1) is 8.77. The molecule has 104 valence electrons. The fourth-order valence-electron chi connectivity index (χ4n) is 1.85. The standard InChI is InChI=1S/C11H11Cl2NO4S/c12-8-3-2-7(6-9(8)13)19(17,18)14-11(10(15)16)4-1-5-11/h2-3,6,14H,1,4-5H2,(H,15,16). The van der Waals surface area contributed by atoms with Crippen molar-refractivity contribution in [3.8, 4) is 0 Å². The predicted molar refractivity (Wildman–Crippen MR) is 71.0 cm³/mol. The molecule has 1 aliphatic rings. The maximum Gasteiger partial charge on any atom is 0.324 e. The molecule has 0 heterocycles. The highest BCUT2D eigenvalue weighted by Gasteiger charge is 2.47. The van der Waals surface area contributed by atoms with Crippen molar-refractivity contribution in [3.63, 3.8) is 0 Å². The van der Waals surface area contributed by atoms with Crippen molar-refractivity contribution in [3.05, 3.63) is 28.2 Å². The zero-order valence-electron chi connectivity index (χ0n) is 9.69. The van der Waals surface area contributed by atoms with Crippen LogP contribution in [-0.4, -0.2) is 25.0 Å². The zero-order chi connectivity index (χ0) is 14.3. The molecule has 0 saturated heterocycles. The van der Waals surface area contributed by atoms with Gasteiger partial charge in [-0.3, -0.25) is 4.79 Å². The Morgan fingerprint density at radius 3 is 2.32 bits per heavy atom. The molecule has 2 N–H and O–H groups in total. The van der Waals surface area contributed by atoms with E-state index in [4.69, 9.17) is 28.3 Å². The second-order valence-electron chi connectivity index (χ2n) is 4.42. The Labute approximate surface area is 120 Å². The Balaban J connectivity index is 2.32. The quantitative estimate of drug-likeness (QED) is 0.890. The van der Waals surface area contributed by atoms with Gasteiger partial charge in [-0.2, -0.15) is 4.72 Å². The number of hydrogen-bond acceptors (Lipinski definition) is 3. The van der Waals surface area contributed by atoms with Gasteiger partial charge in [-0.1, -0.05) is 23.2 Å². The van der Waals surface area contributed by atoms with Crippen molar-refractivity contribution in [2.45, 2.75) is 29.7 Å². The smallest absolute Gasteiger partial charge is 0.324 e. The van der Waals surface area contributed by atoms with Gasteiger partial charge in [-0.25, -0.2) is 8.42 Å². The Morgan fingerprint density at radius 2 is 1.89 bits per heavy atom. The van der Waals surface area contributed by atoms with Crippen LogP contribution in [0.5, 0.6) is 0 Å². The van der Waals surface area contributed by atoms with E-state index in [1.165, 1.54) is 18.2 Å². The highest BCUT2D eigenvalue weighted by Crippen LogP contribution is 2.34. The van der Waals surface area contributed by atoms with Crippen molar-refractivity contribution in [1.82, 2.24) is 4.72 Å². The topological polar surface area (TPSA) is 83.5 Å². The first kappa shape index (κ1) is 14.6. The van der Waals surface area contributed by atoms with Gasteiger partial charge in [-0.15, -0.1) is 0 Å². The number of hydrogen-bond donors (Lipinski definition) is 2. The lowest BCUT2D eigenvalue weighted by molar-refractivity contribution is -0.147. The van der Waals surface area contributed by atoms with Crippen LogP contribution in [0.2, 0.25) is 10.0 Å². The van der Waals surface area contributed by atoms with Gasteiger partial charge in [0.05, 0.1) is 14.9 Å². The number of carboxylic acid groups (broad SMARTS) is 1. The lowest BCUT2D eigenvalue weighted by Gasteiger charge is -2.37. The van der Waals surface area contributed by atoms with Gasteiger partial charge < -0.3 is 5.11 Å². The van der Waals surface area contributed by atoms with Crippen LogP contribution in [0.25, 0.3) is 0 Å². The van der Waals surface area contributed by atoms with Crippen LogP contribution in [0.1, 0.15) is 19.3 Å². The maximum atomic E-state index is 12.1. The van der Waals surface area contributed by atoms with Crippen LogP contribution >= 0.6 is 23.2 Å². The third-order valence-electron chi connectivity index (χ3n) is 3.15. The molecular weight excluding hydrogens is 313 g/mol. The first-order valence-electron chi connectivity index (χ1n) is 5.49. The highest BCUT2D eigenvalue weighted by molar-refractivity contribution is 7.89. The van der Waals surface area contributed by atoms with E-state index in [0.29, 0.717) is 6.42 Å². The molecule has 1 aromatic rings. The van der Waals surface area contributed by atoms with Gasteiger partial charge in [0.2, 0.25) is 10.0 Å². The van der Waals surface area contributed by atoms with E-state index >= 15 is 0 Å². The van der Waals surface area contributed by atoms with Gasteiger partial charge in [0.15, 0.2) is 0 Å². The Morgan fingerprint density at radius 1 is 1.26 bits per heavy atom. The number of carbonyl (C=O) groups is 1. The van der Waals surface area contributed by atoms with Crippen LogP contribution in [-0.2, 0) is 14.8 Å². The van der Waals surface area contributed by atoms with E-state index in [9.17, 15) is 13.2 Å². The van der Waals surface area contributed by atoms with Crippen LogP contribution in [0.4, 0.5) is 0 Å². The van der Waals surface area contributed by atoms with Gasteiger partial charge in [0.1, 0.15) is 5.54 Å². The number of aliphatic carboxylic acids is 1. The molecule has 0 atom stereocenters. The summed E-state index contributed by atoms with van der Waals surface area (Å²) in [5, 5.41) is 9.45. The Bertz CT molecular complexity index is 626. The van der Waals surface area contributed by atoms with Gasteiger partial charge in [-0.05, 0) is 37.5 Å². The second kappa shape index (κ2) is 4.94. The minimum atomic E-state index is -3.94.